The number of ether oxygens (including phenoxy) is 1. The number of rotatable bonds is 6. The van der Waals surface area contributed by atoms with Crippen LogP contribution in [0.4, 0.5) is 5.69 Å². The minimum Gasteiger partial charge on any atom is -0.464 e. The van der Waals surface area contributed by atoms with Crippen molar-refractivity contribution < 1.29 is 9.53 Å². The van der Waals surface area contributed by atoms with E-state index in [2.05, 4.69) is 51.2 Å². The summed E-state index contributed by atoms with van der Waals surface area (Å²) >= 11 is 0. The first-order chi connectivity index (χ1) is 14.1. The van der Waals surface area contributed by atoms with Crippen LogP contribution in [0.3, 0.4) is 0 Å². The van der Waals surface area contributed by atoms with E-state index in [0.717, 1.165) is 43.5 Å². The van der Waals surface area contributed by atoms with Gasteiger partial charge in [0.05, 0.1) is 6.61 Å². The zero-order valence-corrected chi connectivity index (χ0v) is 17.1. The van der Waals surface area contributed by atoms with Crippen LogP contribution < -0.4 is 10.6 Å². The Bertz CT molecular complexity index is 809. The molecule has 4 rings (SSSR count). The van der Waals surface area contributed by atoms with E-state index < -0.39 is 0 Å². The summed E-state index contributed by atoms with van der Waals surface area (Å²) in [6.07, 6.45) is 4.19. The van der Waals surface area contributed by atoms with Crippen molar-refractivity contribution in [3.8, 4) is 11.4 Å². The van der Waals surface area contributed by atoms with Crippen molar-refractivity contribution >= 4 is 11.7 Å². The minimum absolute atomic E-state index is 0.102. The molecule has 2 heterocycles. The van der Waals surface area contributed by atoms with Crippen LogP contribution in [-0.4, -0.2) is 51.8 Å². The number of nitrogens with one attached hydrogen (secondary N) is 3. The molecule has 156 valence electrons. The van der Waals surface area contributed by atoms with E-state index in [9.17, 15) is 4.79 Å². The third kappa shape index (κ3) is 4.75. The number of esters is 1. The van der Waals surface area contributed by atoms with E-state index in [1.165, 1.54) is 0 Å². The quantitative estimate of drug-likeness (QED) is 0.643. The zero-order valence-electron chi connectivity index (χ0n) is 17.1. The van der Waals surface area contributed by atoms with Gasteiger partial charge in [-0.2, -0.15) is 5.21 Å². The number of aromatic nitrogens is 4. The van der Waals surface area contributed by atoms with Crippen LogP contribution in [0.1, 0.15) is 39.5 Å². The maximum absolute atomic E-state index is 12.4. The second-order valence-corrected chi connectivity index (χ2v) is 8.68. The van der Waals surface area contributed by atoms with Gasteiger partial charge >= 0.3 is 5.97 Å². The maximum Gasteiger partial charge on any atom is 0.323 e. The normalized spacial score (nSPS) is 26.7. The summed E-state index contributed by atoms with van der Waals surface area (Å²) in [5.74, 6) is 2.01. The Morgan fingerprint density at radius 1 is 1.24 bits per heavy atom. The van der Waals surface area contributed by atoms with E-state index in [-0.39, 0.29) is 12.0 Å². The lowest BCUT2D eigenvalue weighted by Crippen LogP contribution is -2.51. The fourth-order valence-corrected chi connectivity index (χ4v) is 4.52. The van der Waals surface area contributed by atoms with Gasteiger partial charge in [0.15, 0.2) is 0 Å². The van der Waals surface area contributed by atoms with E-state index in [4.69, 9.17) is 4.74 Å². The highest BCUT2D eigenvalue weighted by Gasteiger charge is 2.38. The molecule has 1 saturated heterocycles. The lowest BCUT2D eigenvalue weighted by atomic mass is 9.72. The topological polar surface area (TPSA) is 105 Å². The van der Waals surface area contributed by atoms with Gasteiger partial charge in [-0.25, -0.2) is 0 Å². The van der Waals surface area contributed by atoms with Crippen molar-refractivity contribution in [1.82, 2.24) is 25.9 Å². The second-order valence-electron chi connectivity index (χ2n) is 8.68. The number of hydrogen-bond acceptors (Lipinski definition) is 7. The van der Waals surface area contributed by atoms with Gasteiger partial charge in [0.1, 0.15) is 6.04 Å². The Balaban J connectivity index is 1.38. The van der Waals surface area contributed by atoms with Crippen molar-refractivity contribution in [2.45, 2.75) is 51.6 Å². The van der Waals surface area contributed by atoms with Gasteiger partial charge in [0, 0.05) is 17.3 Å². The van der Waals surface area contributed by atoms with Crippen molar-refractivity contribution in [2.75, 3.05) is 18.5 Å². The third-order valence-electron chi connectivity index (χ3n) is 6.02. The molecule has 1 aliphatic heterocycles. The average Bonchev–Trinajstić information content (AvgIpc) is 3.26. The van der Waals surface area contributed by atoms with E-state index in [1.807, 2.05) is 18.2 Å². The molecule has 1 aliphatic carbocycles. The summed E-state index contributed by atoms with van der Waals surface area (Å²) in [6, 6.07) is 8.25. The molecule has 4 atom stereocenters. The van der Waals surface area contributed by atoms with Crippen molar-refractivity contribution in [3.05, 3.63) is 24.3 Å². The molecular weight excluding hydrogens is 368 g/mol. The van der Waals surface area contributed by atoms with Crippen LogP contribution in [-0.2, 0) is 9.53 Å². The van der Waals surface area contributed by atoms with Crippen LogP contribution in [0.25, 0.3) is 11.4 Å². The first kappa shape index (κ1) is 19.8. The molecule has 8 heteroatoms. The molecule has 0 amide bonds. The first-order valence-corrected chi connectivity index (χ1v) is 10.6. The molecule has 2 aromatic rings. The predicted molar refractivity (Wildman–Crippen MR) is 110 cm³/mol. The number of para-hydroxylation sites is 1. The molecule has 0 unspecified atom stereocenters. The smallest absolute Gasteiger partial charge is 0.323 e. The number of hydrogen-bond donors (Lipinski definition) is 3. The summed E-state index contributed by atoms with van der Waals surface area (Å²) in [5.41, 5.74) is 1.98. The highest BCUT2D eigenvalue weighted by molar-refractivity contribution is 5.76. The summed E-state index contributed by atoms with van der Waals surface area (Å²) in [5, 5.41) is 21.5. The zero-order chi connectivity index (χ0) is 20.2. The van der Waals surface area contributed by atoms with Gasteiger partial charge in [0.25, 0.3) is 0 Å². The van der Waals surface area contributed by atoms with Crippen LogP contribution in [0, 0.1) is 17.8 Å². The van der Waals surface area contributed by atoms with Crippen LogP contribution >= 0.6 is 0 Å². The number of nitrogens with zero attached hydrogens (tertiary/aromatic N) is 3. The second kappa shape index (κ2) is 8.90. The van der Waals surface area contributed by atoms with E-state index in [1.54, 1.807) is 0 Å². The molecular formula is C21H30N6O2. The number of aromatic amines is 1. The SMILES string of the molecule is CC(C)COC(=O)[C@@H]1C[C@H]2C[C@@H](Nc3ccccc3-c3nn[nH]n3)CC[C@H]2CN1. The lowest BCUT2D eigenvalue weighted by molar-refractivity contribution is -0.149. The van der Waals surface area contributed by atoms with Gasteiger partial charge < -0.3 is 15.4 Å². The number of piperidine rings is 1. The third-order valence-corrected chi connectivity index (χ3v) is 6.02. The standard InChI is InChI=1S/C21H30N6O2/c1-13(2)12-29-21(28)19-10-15-9-16(8-7-14(15)11-22-19)23-18-6-4-3-5-17(18)20-24-26-27-25-20/h3-6,13-16,19,22-23H,7-12H2,1-2H3,(H,24,25,26,27)/t14-,15+,16-,19-/m0/s1. The molecule has 29 heavy (non-hydrogen) atoms. The number of fused-ring (bicyclic) bond motifs is 1. The Hall–Kier alpha value is -2.48. The first-order valence-electron chi connectivity index (χ1n) is 10.6. The van der Waals surface area contributed by atoms with Crippen LogP contribution in [0.2, 0.25) is 0 Å². The summed E-state index contributed by atoms with van der Waals surface area (Å²) < 4.78 is 5.46. The molecule has 3 N–H and O–H groups in total. The molecule has 1 aromatic carbocycles. The lowest BCUT2D eigenvalue weighted by Gasteiger charge is -2.42. The summed E-state index contributed by atoms with van der Waals surface area (Å²) in [6.45, 7) is 5.50. The molecule has 1 saturated carbocycles. The minimum atomic E-state index is -0.180. The van der Waals surface area contributed by atoms with E-state index >= 15 is 0 Å². The molecule has 0 spiro atoms. The number of benzene rings is 1. The van der Waals surface area contributed by atoms with Crippen LogP contribution in [0.5, 0.6) is 0 Å². The Labute approximate surface area is 171 Å². The van der Waals surface area contributed by atoms with Gasteiger partial charge in [-0.05, 0) is 67.3 Å². The number of tetrazole rings is 1. The maximum atomic E-state index is 12.4. The predicted octanol–water partition coefficient (Wildman–Crippen LogP) is 2.62. The van der Waals surface area contributed by atoms with Crippen molar-refractivity contribution in [3.63, 3.8) is 0 Å². The Morgan fingerprint density at radius 3 is 2.90 bits per heavy atom. The fourth-order valence-electron chi connectivity index (χ4n) is 4.52. The Morgan fingerprint density at radius 2 is 2.10 bits per heavy atom. The molecule has 0 bridgehead atoms. The molecule has 0 radical (unpaired) electrons. The molecule has 8 nitrogen and oxygen atoms in total. The molecule has 2 fully saturated rings. The highest BCUT2D eigenvalue weighted by atomic mass is 16.5. The van der Waals surface area contributed by atoms with Gasteiger partial charge in [-0.1, -0.05) is 26.0 Å². The Kier molecular flexibility index (Phi) is 6.08. The van der Waals surface area contributed by atoms with Gasteiger partial charge in [0.2, 0.25) is 5.82 Å². The van der Waals surface area contributed by atoms with Crippen molar-refractivity contribution in [2.24, 2.45) is 17.8 Å². The fraction of sp³-hybridized carbons (Fsp3) is 0.619. The van der Waals surface area contributed by atoms with Gasteiger partial charge in [-0.15, -0.1) is 10.2 Å². The summed E-state index contributed by atoms with van der Waals surface area (Å²) in [4.78, 5) is 12.4. The van der Waals surface area contributed by atoms with E-state index in [0.29, 0.717) is 36.2 Å². The number of anilines is 1. The number of carbonyl (C=O) groups excluding carboxylic acids is 1. The summed E-state index contributed by atoms with van der Waals surface area (Å²) in [7, 11) is 0. The monoisotopic (exact) mass is 398 g/mol. The van der Waals surface area contributed by atoms with Crippen molar-refractivity contribution in [1.29, 1.82) is 0 Å². The number of H-pyrrole nitrogens is 1. The van der Waals surface area contributed by atoms with Gasteiger partial charge in [-0.3, -0.25) is 4.79 Å². The largest absolute Gasteiger partial charge is 0.464 e. The van der Waals surface area contributed by atoms with Crippen LogP contribution in [0.15, 0.2) is 24.3 Å². The highest BCUT2D eigenvalue weighted by Crippen LogP contribution is 2.38. The number of carbonyl (C=O) groups is 1. The molecule has 1 aromatic heterocycles. The average molecular weight is 399 g/mol. The molecule has 2 aliphatic rings.